The lowest BCUT2D eigenvalue weighted by Crippen LogP contribution is -2.42. The highest BCUT2D eigenvalue weighted by Gasteiger charge is 2.13. The summed E-state index contributed by atoms with van der Waals surface area (Å²) >= 11 is 0. The smallest absolute Gasteiger partial charge is 0.242 e. The average molecular weight is 376 g/mol. The zero-order valence-corrected chi connectivity index (χ0v) is 16.1. The van der Waals surface area contributed by atoms with E-state index in [0.29, 0.717) is 18.0 Å². The number of benzene rings is 3. The fourth-order valence-electron chi connectivity index (χ4n) is 2.94. The van der Waals surface area contributed by atoms with E-state index in [4.69, 9.17) is 9.47 Å². The first-order valence-corrected chi connectivity index (χ1v) is 9.06. The van der Waals surface area contributed by atoms with Crippen LogP contribution in [0.4, 0.5) is 5.69 Å². The molecule has 0 heterocycles. The fraction of sp³-hybridized carbons (Fsp3) is 0.174. The van der Waals surface area contributed by atoms with Gasteiger partial charge in [0.1, 0.15) is 0 Å². The van der Waals surface area contributed by atoms with Gasteiger partial charge in [-0.05, 0) is 35.4 Å². The van der Waals surface area contributed by atoms with Crippen LogP contribution in [-0.4, -0.2) is 20.1 Å². The van der Waals surface area contributed by atoms with Gasteiger partial charge in [-0.25, -0.2) is 0 Å². The third-order valence-corrected chi connectivity index (χ3v) is 4.32. The van der Waals surface area contributed by atoms with Crippen molar-refractivity contribution in [2.45, 2.75) is 13.0 Å². The summed E-state index contributed by atoms with van der Waals surface area (Å²) < 4.78 is 10.6. The van der Waals surface area contributed by atoms with E-state index in [1.807, 2.05) is 77.8 Å². The van der Waals surface area contributed by atoms with Gasteiger partial charge in [-0.1, -0.05) is 54.6 Å². The molecule has 144 valence electrons. The van der Waals surface area contributed by atoms with Gasteiger partial charge in [0.15, 0.2) is 11.5 Å². The van der Waals surface area contributed by atoms with Crippen molar-refractivity contribution < 1.29 is 14.3 Å². The maximum Gasteiger partial charge on any atom is 0.242 e. The van der Waals surface area contributed by atoms with E-state index in [9.17, 15) is 4.79 Å². The van der Waals surface area contributed by atoms with Crippen LogP contribution in [0.5, 0.6) is 11.5 Å². The molecule has 0 aliphatic rings. The van der Waals surface area contributed by atoms with Gasteiger partial charge in [0.2, 0.25) is 5.91 Å². The lowest BCUT2D eigenvalue weighted by Gasteiger charge is -2.25. The van der Waals surface area contributed by atoms with Crippen molar-refractivity contribution in [3.63, 3.8) is 0 Å². The first-order chi connectivity index (χ1) is 13.7. The number of hydrogen-bond acceptors (Lipinski definition) is 4. The Morgan fingerprint density at radius 3 is 2.11 bits per heavy atom. The van der Waals surface area contributed by atoms with E-state index in [2.05, 4.69) is 5.43 Å². The van der Waals surface area contributed by atoms with Gasteiger partial charge in [-0.3, -0.25) is 15.2 Å². The van der Waals surface area contributed by atoms with Crippen LogP contribution >= 0.6 is 0 Å². The monoisotopic (exact) mass is 376 g/mol. The molecule has 5 heteroatoms. The van der Waals surface area contributed by atoms with Crippen molar-refractivity contribution in [3.05, 3.63) is 90.0 Å². The number of methoxy groups -OCH3 is 2. The molecule has 28 heavy (non-hydrogen) atoms. The van der Waals surface area contributed by atoms with Crippen molar-refractivity contribution in [1.29, 1.82) is 0 Å². The zero-order valence-electron chi connectivity index (χ0n) is 16.1. The Hall–Kier alpha value is -3.47. The summed E-state index contributed by atoms with van der Waals surface area (Å²) in [6.45, 7) is 0.572. The van der Waals surface area contributed by atoms with Crippen molar-refractivity contribution in [3.8, 4) is 11.5 Å². The number of anilines is 1. The topological polar surface area (TPSA) is 50.8 Å². The number of nitrogens with one attached hydrogen (secondary N) is 1. The molecule has 0 saturated heterocycles. The van der Waals surface area contributed by atoms with Crippen LogP contribution in [0.3, 0.4) is 0 Å². The predicted molar refractivity (Wildman–Crippen MR) is 110 cm³/mol. The van der Waals surface area contributed by atoms with Crippen molar-refractivity contribution in [1.82, 2.24) is 5.43 Å². The molecule has 0 fully saturated rings. The summed E-state index contributed by atoms with van der Waals surface area (Å²) in [7, 11) is 3.17. The van der Waals surface area contributed by atoms with Gasteiger partial charge in [-0.2, -0.15) is 0 Å². The Kier molecular flexibility index (Phi) is 6.52. The van der Waals surface area contributed by atoms with Crippen LogP contribution < -0.4 is 19.9 Å². The Bertz CT molecular complexity index is 898. The van der Waals surface area contributed by atoms with Crippen molar-refractivity contribution in [2.75, 3.05) is 19.2 Å². The minimum atomic E-state index is -0.105. The molecule has 0 aromatic heterocycles. The highest BCUT2D eigenvalue weighted by molar-refractivity contribution is 5.80. The molecule has 0 radical (unpaired) electrons. The van der Waals surface area contributed by atoms with Crippen molar-refractivity contribution >= 4 is 11.6 Å². The number of para-hydroxylation sites is 1. The van der Waals surface area contributed by atoms with Gasteiger partial charge in [-0.15, -0.1) is 0 Å². The van der Waals surface area contributed by atoms with Gasteiger partial charge in [0.05, 0.1) is 32.9 Å². The summed E-state index contributed by atoms with van der Waals surface area (Å²) in [6, 6.07) is 25.3. The zero-order chi connectivity index (χ0) is 19.8. The second kappa shape index (κ2) is 9.46. The number of ether oxygens (including phenoxy) is 2. The number of rotatable bonds is 8. The molecule has 3 aromatic rings. The van der Waals surface area contributed by atoms with Crippen LogP contribution in [-0.2, 0) is 17.8 Å². The number of nitrogens with zero attached hydrogens (tertiary/aromatic N) is 1. The van der Waals surface area contributed by atoms with E-state index in [0.717, 1.165) is 16.8 Å². The van der Waals surface area contributed by atoms with Crippen LogP contribution in [0.15, 0.2) is 78.9 Å². The van der Waals surface area contributed by atoms with Crippen LogP contribution in [0, 0.1) is 0 Å². The standard InChI is InChI=1S/C23H24N2O3/c1-27-21-14-13-19(15-22(21)28-2)16-23(26)24-25(20-11-7-4-8-12-20)17-18-9-5-3-6-10-18/h3-15H,16-17H2,1-2H3,(H,24,26). The van der Waals surface area contributed by atoms with Gasteiger partial charge in [0, 0.05) is 0 Å². The lowest BCUT2D eigenvalue weighted by molar-refractivity contribution is -0.120. The summed E-state index contributed by atoms with van der Waals surface area (Å²) in [5.41, 5.74) is 5.90. The van der Waals surface area contributed by atoms with Crippen molar-refractivity contribution in [2.24, 2.45) is 0 Å². The molecular formula is C23H24N2O3. The van der Waals surface area contributed by atoms with E-state index >= 15 is 0 Å². The molecule has 0 unspecified atom stereocenters. The molecule has 5 nitrogen and oxygen atoms in total. The molecule has 0 aliphatic heterocycles. The third-order valence-electron chi connectivity index (χ3n) is 4.32. The van der Waals surface area contributed by atoms with Crippen LogP contribution in [0.25, 0.3) is 0 Å². The molecule has 0 spiro atoms. The lowest BCUT2D eigenvalue weighted by atomic mass is 10.1. The minimum Gasteiger partial charge on any atom is -0.493 e. The van der Waals surface area contributed by atoms with Gasteiger partial charge >= 0.3 is 0 Å². The quantitative estimate of drug-likeness (QED) is 0.604. The molecule has 0 saturated carbocycles. The van der Waals surface area contributed by atoms with Gasteiger partial charge < -0.3 is 9.47 Å². The molecule has 0 aliphatic carbocycles. The average Bonchev–Trinajstić information content (AvgIpc) is 2.74. The van der Waals surface area contributed by atoms with E-state index < -0.39 is 0 Å². The molecule has 1 amide bonds. The van der Waals surface area contributed by atoms with Crippen LogP contribution in [0.1, 0.15) is 11.1 Å². The van der Waals surface area contributed by atoms with E-state index in [-0.39, 0.29) is 12.3 Å². The molecular weight excluding hydrogens is 352 g/mol. The summed E-state index contributed by atoms with van der Waals surface area (Å²) in [5.74, 6) is 1.14. The molecule has 0 bridgehead atoms. The largest absolute Gasteiger partial charge is 0.493 e. The summed E-state index contributed by atoms with van der Waals surface area (Å²) in [4.78, 5) is 12.7. The first-order valence-electron chi connectivity index (χ1n) is 9.06. The summed E-state index contributed by atoms with van der Waals surface area (Å²) in [5, 5.41) is 1.86. The number of carbonyl (C=O) groups is 1. The SMILES string of the molecule is COc1ccc(CC(=O)NN(Cc2ccccc2)c2ccccc2)cc1OC. The third kappa shape index (κ3) is 5.04. The predicted octanol–water partition coefficient (Wildman–Crippen LogP) is 3.98. The van der Waals surface area contributed by atoms with E-state index in [1.165, 1.54) is 0 Å². The molecule has 3 aromatic carbocycles. The highest BCUT2D eigenvalue weighted by Crippen LogP contribution is 2.27. The fourth-order valence-corrected chi connectivity index (χ4v) is 2.94. The van der Waals surface area contributed by atoms with Crippen LogP contribution in [0.2, 0.25) is 0 Å². The number of hydrazine groups is 1. The minimum absolute atomic E-state index is 0.105. The molecule has 3 rings (SSSR count). The first kappa shape index (κ1) is 19.3. The Balaban J connectivity index is 1.74. The maximum absolute atomic E-state index is 12.7. The number of hydrogen-bond donors (Lipinski definition) is 1. The second-order valence-corrected chi connectivity index (χ2v) is 6.31. The number of carbonyl (C=O) groups excluding carboxylic acids is 1. The maximum atomic E-state index is 12.7. The Morgan fingerprint density at radius 1 is 0.821 bits per heavy atom. The number of amides is 1. The normalized spacial score (nSPS) is 10.2. The Morgan fingerprint density at radius 2 is 1.46 bits per heavy atom. The summed E-state index contributed by atoms with van der Waals surface area (Å²) in [6.07, 6.45) is 0.235. The van der Waals surface area contributed by atoms with E-state index in [1.54, 1.807) is 20.3 Å². The second-order valence-electron chi connectivity index (χ2n) is 6.31. The Labute approximate surface area is 165 Å². The highest BCUT2D eigenvalue weighted by atomic mass is 16.5. The van der Waals surface area contributed by atoms with Gasteiger partial charge in [0.25, 0.3) is 0 Å². The molecule has 1 N–H and O–H groups in total. The molecule has 0 atom stereocenters.